The molecule has 0 aliphatic carbocycles. The molecule has 9 heteroatoms. The predicted octanol–water partition coefficient (Wildman–Crippen LogP) is 1.24. The molecule has 1 heterocycles. The minimum Gasteiger partial charge on any atom is -0.459 e. The lowest BCUT2D eigenvalue weighted by Crippen LogP contribution is -2.28. The highest BCUT2D eigenvalue weighted by molar-refractivity contribution is 5.90. The second-order valence-electron chi connectivity index (χ2n) is 3.52. The topological polar surface area (TPSA) is 101 Å². The van der Waals surface area contributed by atoms with Crippen molar-refractivity contribution in [1.82, 2.24) is 14.9 Å². The summed E-state index contributed by atoms with van der Waals surface area (Å²) in [4.78, 5) is 29.4. The van der Waals surface area contributed by atoms with Crippen LogP contribution in [0.15, 0.2) is 6.33 Å². The quantitative estimate of drug-likeness (QED) is 0.461. The summed E-state index contributed by atoms with van der Waals surface area (Å²) in [6.07, 6.45) is 1.10. The van der Waals surface area contributed by atoms with Crippen LogP contribution in [0.5, 0.6) is 0 Å². The Balaban J connectivity index is 0.00000324. The number of hydrogen-bond donors (Lipinski definition) is 1. The second kappa shape index (κ2) is 8.44. The molecule has 0 aromatic carbocycles. The van der Waals surface area contributed by atoms with Crippen LogP contribution in [0.2, 0.25) is 0 Å². The number of nitrogens with one attached hydrogen (secondary N) is 1. The summed E-state index contributed by atoms with van der Waals surface area (Å²) >= 11 is 0. The summed E-state index contributed by atoms with van der Waals surface area (Å²) in [7, 11) is 0. The first-order chi connectivity index (χ1) is 8.60. The fourth-order valence-electron chi connectivity index (χ4n) is 1.45. The van der Waals surface area contributed by atoms with E-state index in [1.54, 1.807) is 0 Å². The number of ether oxygens (including phenoxy) is 1. The number of carbonyl (C=O) groups excluding carboxylic acids is 1. The Bertz CT molecular complexity index is 419. The van der Waals surface area contributed by atoms with Gasteiger partial charge in [0.25, 0.3) is 0 Å². The number of H-pyrrole nitrogens is 1. The third kappa shape index (κ3) is 4.84. The molecule has 0 spiro atoms. The summed E-state index contributed by atoms with van der Waals surface area (Å²) < 4.78 is 4.94. The van der Waals surface area contributed by atoms with Crippen LogP contribution in [0.1, 0.15) is 24.3 Å². The van der Waals surface area contributed by atoms with Crippen LogP contribution < -0.4 is 0 Å². The van der Waals surface area contributed by atoms with E-state index >= 15 is 0 Å². The number of imidazole rings is 1. The monoisotopic (exact) mass is 292 g/mol. The maximum atomic E-state index is 11.6. The lowest BCUT2D eigenvalue weighted by molar-refractivity contribution is -0.389. The fourth-order valence-corrected chi connectivity index (χ4v) is 1.45. The number of carbonyl (C=O) groups is 1. The molecule has 0 bridgehead atoms. The molecule has 8 nitrogen and oxygen atoms in total. The Morgan fingerprint density at radius 1 is 1.53 bits per heavy atom. The first-order valence-electron chi connectivity index (χ1n) is 5.67. The van der Waals surface area contributed by atoms with E-state index in [0.717, 1.165) is 19.4 Å². The van der Waals surface area contributed by atoms with Crippen LogP contribution in [-0.4, -0.2) is 52.0 Å². The Hall–Kier alpha value is -1.67. The van der Waals surface area contributed by atoms with E-state index in [1.807, 2.05) is 13.8 Å². The van der Waals surface area contributed by atoms with Crippen molar-refractivity contribution in [3.63, 3.8) is 0 Å². The number of esters is 1. The number of likely N-dealkylation sites (N-methyl/N-ethyl adjacent to an activating group) is 1. The van der Waals surface area contributed by atoms with Crippen LogP contribution in [0.3, 0.4) is 0 Å². The third-order valence-electron chi connectivity index (χ3n) is 2.53. The zero-order valence-electron chi connectivity index (χ0n) is 10.8. The molecular formula is C10H17ClN4O4. The third-order valence-corrected chi connectivity index (χ3v) is 2.53. The lowest BCUT2D eigenvalue weighted by Gasteiger charge is -2.17. The zero-order chi connectivity index (χ0) is 13.5. The normalized spacial score (nSPS) is 10.1. The Kier molecular flexibility index (Phi) is 7.69. The number of aromatic amines is 1. The molecular weight excluding hydrogens is 276 g/mol. The number of nitro groups is 1. The summed E-state index contributed by atoms with van der Waals surface area (Å²) in [6.45, 7) is 6.50. The molecule has 0 saturated carbocycles. The maximum absolute atomic E-state index is 11.6. The van der Waals surface area contributed by atoms with Crippen molar-refractivity contribution in [3.8, 4) is 0 Å². The van der Waals surface area contributed by atoms with E-state index in [4.69, 9.17) is 4.74 Å². The Morgan fingerprint density at radius 2 is 2.16 bits per heavy atom. The van der Waals surface area contributed by atoms with Crippen LogP contribution in [0.25, 0.3) is 0 Å². The van der Waals surface area contributed by atoms with Gasteiger partial charge in [-0.05, 0) is 18.0 Å². The van der Waals surface area contributed by atoms with E-state index in [1.165, 1.54) is 0 Å². The van der Waals surface area contributed by atoms with Crippen molar-refractivity contribution in [2.45, 2.75) is 13.8 Å². The van der Waals surface area contributed by atoms with Gasteiger partial charge in [-0.1, -0.05) is 13.8 Å². The molecule has 0 aliphatic heterocycles. The predicted molar refractivity (Wildman–Crippen MR) is 70.6 cm³/mol. The van der Waals surface area contributed by atoms with Crippen molar-refractivity contribution in [3.05, 3.63) is 22.1 Å². The smallest absolute Gasteiger partial charge is 0.365 e. The minimum absolute atomic E-state index is 0. The Morgan fingerprint density at radius 3 is 2.68 bits per heavy atom. The molecule has 108 valence electrons. The van der Waals surface area contributed by atoms with Crippen molar-refractivity contribution in [1.29, 1.82) is 0 Å². The van der Waals surface area contributed by atoms with Crippen LogP contribution in [-0.2, 0) is 4.74 Å². The second-order valence-corrected chi connectivity index (χ2v) is 3.52. The summed E-state index contributed by atoms with van der Waals surface area (Å²) in [6, 6.07) is 0. The number of rotatable bonds is 7. The highest BCUT2D eigenvalue weighted by atomic mass is 35.5. The minimum atomic E-state index is -0.782. The molecule has 0 radical (unpaired) electrons. The average molecular weight is 293 g/mol. The van der Waals surface area contributed by atoms with Gasteiger partial charge in [0.2, 0.25) is 5.69 Å². The van der Waals surface area contributed by atoms with Crippen molar-refractivity contribution in [2.75, 3.05) is 26.2 Å². The first kappa shape index (κ1) is 17.3. The van der Waals surface area contributed by atoms with Gasteiger partial charge in [-0.3, -0.25) is 0 Å². The molecule has 0 fully saturated rings. The van der Waals surface area contributed by atoms with Gasteiger partial charge in [-0.25, -0.2) is 14.8 Å². The summed E-state index contributed by atoms with van der Waals surface area (Å²) in [5.41, 5.74) is -0.292. The molecule has 1 aromatic rings. The van der Waals surface area contributed by atoms with Crippen LogP contribution in [0.4, 0.5) is 5.82 Å². The SMILES string of the molecule is CCN(CC)CCOC(=O)c1nc[nH]c1[N+](=O)[O-].Cl. The molecule has 0 amide bonds. The molecule has 0 atom stereocenters. The van der Waals surface area contributed by atoms with E-state index in [-0.39, 0.29) is 24.7 Å². The van der Waals surface area contributed by atoms with Gasteiger partial charge in [-0.2, -0.15) is 0 Å². The highest BCUT2D eigenvalue weighted by Gasteiger charge is 2.23. The van der Waals surface area contributed by atoms with Gasteiger partial charge in [0.1, 0.15) is 6.61 Å². The average Bonchev–Trinajstić information content (AvgIpc) is 2.83. The van der Waals surface area contributed by atoms with Crippen molar-refractivity contribution in [2.24, 2.45) is 0 Å². The van der Waals surface area contributed by atoms with Gasteiger partial charge in [-0.15, -0.1) is 12.4 Å². The van der Waals surface area contributed by atoms with E-state index in [0.29, 0.717) is 6.54 Å². The van der Waals surface area contributed by atoms with Crippen LogP contribution >= 0.6 is 12.4 Å². The van der Waals surface area contributed by atoms with Gasteiger partial charge in [0.05, 0.1) is 0 Å². The highest BCUT2D eigenvalue weighted by Crippen LogP contribution is 2.13. The molecule has 0 saturated heterocycles. The number of hydrogen-bond acceptors (Lipinski definition) is 6. The molecule has 1 rings (SSSR count). The van der Waals surface area contributed by atoms with Gasteiger partial charge in [0, 0.05) is 6.54 Å². The van der Waals surface area contributed by atoms with E-state index in [9.17, 15) is 14.9 Å². The molecule has 1 aromatic heterocycles. The van der Waals surface area contributed by atoms with Gasteiger partial charge >= 0.3 is 11.8 Å². The van der Waals surface area contributed by atoms with E-state index < -0.39 is 16.7 Å². The summed E-state index contributed by atoms with van der Waals surface area (Å²) in [5.74, 6) is -1.22. The maximum Gasteiger partial charge on any atom is 0.365 e. The van der Waals surface area contributed by atoms with Crippen molar-refractivity contribution < 1.29 is 14.5 Å². The molecule has 1 N–H and O–H groups in total. The number of halogens is 1. The van der Waals surface area contributed by atoms with E-state index in [2.05, 4.69) is 14.9 Å². The largest absolute Gasteiger partial charge is 0.459 e. The van der Waals surface area contributed by atoms with Gasteiger partial charge in [0.15, 0.2) is 6.33 Å². The molecule has 19 heavy (non-hydrogen) atoms. The lowest BCUT2D eigenvalue weighted by atomic mass is 10.4. The molecule has 0 aliphatic rings. The first-order valence-corrected chi connectivity index (χ1v) is 5.67. The summed E-state index contributed by atoms with van der Waals surface area (Å²) in [5, 5.41) is 10.6. The molecule has 0 unspecified atom stereocenters. The van der Waals surface area contributed by atoms with Crippen LogP contribution in [0, 0.1) is 10.1 Å². The standard InChI is InChI=1S/C10H16N4O4.ClH/c1-3-13(4-2)5-6-18-10(15)8-9(14(16)17)12-7-11-8;/h7H,3-6H2,1-2H3,(H,11,12);1H. The van der Waals surface area contributed by atoms with Crippen molar-refractivity contribution >= 4 is 24.2 Å². The Labute approximate surface area is 116 Å². The van der Waals surface area contributed by atoms with Gasteiger partial charge < -0.3 is 19.8 Å². The fraction of sp³-hybridized carbons (Fsp3) is 0.600. The number of nitrogens with zero attached hydrogens (tertiary/aromatic N) is 3. The zero-order valence-corrected chi connectivity index (χ0v) is 11.6. The number of aromatic nitrogens is 2.